The van der Waals surface area contributed by atoms with Crippen LogP contribution in [0.4, 0.5) is 5.69 Å². The van der Waals surface area contributed by atoms with Gasteiger partial charge >= 0.3 is 23.0 Å². The van der Waals surface area contributed by atoms with Crippen LogP contribution in [0.25, 0.3) is 5.32 Å². The van der Waals surface area contributed by atoms with Gasteiger partial charge in [-0.1, -0.05) is 54.6 Å². The summed E-state index contributed by atoms with van der Waals surface area (Å²) in [6.45, 7) is 3.04. The van der Waals surface area contributed by atoms with Crippen molar-refractivity contribution in [2.24, 2.45) is 4.99 Å². The van der Waals surface area contributed by atoms with Crippen LogP contribution in [0.2, 0.25) is 0 Å². The number of amides is 1. The van der Waals surface area contributed by atoms with Crippen molar-refractivity contribution < 1.29 is 31.8 Å². The van der Waals surface area contributed by atoms with E-state index >= 15 is 0 Å². The molecule has 2 aromatic carbocycles. The summed E-state index contributed by atoms with van der Waals surface area (Å²) in [5.41, 5.74) is 2.96. The molecule has 0 spiro atoms. The van der Waals surface area contributed by atoms with Gasteiger partial charge in [0, 0.05) is 12.3 Å². The number of likely N-dealkylation sites (tertiary alicyclic amines) is 1. The van der Waals surface area contributed by atoms with Crippen molar-refractivity contribution in [3.05, 3.63) is 71.0 Å². The first-order valence-corrected chi connectivity index (χ1v) is 9.40. The number of carbonyl (C=O) groups is 2. The van der Waals surface area contributed by atoms with Gasteiger partial charge in [0.2, 0.25) is 0 Å². The second kappa shape index (κ2) is 10.9. The molecule has 1 fully saturated rings. The molecule has 6 nitrogen and oxygen atoms in total. The molecule has 1 N–H and O–H groups in total. The zero-order chi connectivity index (χ0) is 19.9. The Morgan fingerprint density at radius 3 is 2.55 bits per heavy atom. The third-order valence-electron chi connectivity index (χ3n) is 4.85. The third-order valence-corrected chi connectivity index (χ3v) is 4.85. The molecule has 0 bridgehead atoms. The molecule has 1 amide bonds. The number of hydrogen-bond acceptors (Lipinski definition) is 4. The summed E-state index contributed by atoms with van der Waals surface area (Å²) >= 11 is 0. The third kappa shape index (κ3) is 6.26. The SMILES string of the molecule is CC(=NCC(=O)O)c1ccccc1[N-]C(=O)[C@@H]1CCCN1Cc1ccccc1.[Cu+]. The summed E-state index contributed by atoms with van der Waals surface area (Å²) < 4.78 is 0. The van der Waals surface area contributed by atoms with Crippen molar-refractivity contribution in [3.8, 4) is 0 Å². The topological polar surface area (TPSA) is 84.1 Å². The Morgan fingerprint density at radius 1 is 1.14 bits per heavy atom. The van der Waals surface area contributed by atoms with E-state index in [-0.39, 0.29) is 35.6 Å². The molecule has 2 aromatic rings. The molecule has 156 valence electrons. The molecule has 1 atom stereocenters. The molecule has 0 aliphatic carbocycles. The summed E-state index contributed by atoms with van der Waals surface area (Å²) in [6, 6.07) is 17.1. The second-order valence-corrected chi connectivity index (χ2v) is 6.88. The van der Waals surface area contributed by atoms with E-state index in [0.29, 0.717) is 17.0 Å². The molecule has 1 aliphatic heterocycles. The first-order chi connectivity index (χ1) is 13.5. The molecule has 0 saturated carbocycles. The zero-order valence-corrected chi connectivity index (χ0v) is 17.2. The average Bonchev–Trinajstić information content (AvgIpc) is 3.15. The van der Waals surface area contributed by atoms with Crippen LogP contribution in [0.5, 0.6) is 0 Å². The molecular weight excluding hydrogens is 418 g/mol. The van der Waals surface area contributed by atoms with Gasteiger partial charge in [-0.05, 0) is 37.4 Å². The summed E-state index contributed by atoms with van der Waals surface area (Å²) in [5.74, 6) is -1.15. The van der Waals surface area contributed by atoms with Gasteiger partial charge in [0.05, 0.1) is 11.9 Å². The average molecular weight is 442 g/mol. The Hall–Kier alpha value is -2.47. The Kier molecular flexibility index (Phi) is 8.58. The van der Waals surface area contributed by atoms with E-state index in [0.717, 1.165) is 25.9 Å². The van der Waals surface area contributed by atoms with Crippen LogP contribution in [-0.4, -0.2) is 46.7 Å². The van der Waals surface area contributed by atoms with Crippen LogP contribution in [0.1, 0.15) is 30.9 Å². The van der Waals surface area contributed by atoms with Gasteiger partial charge in [-0.3, -0.25) is 14.7 Å². The van der Waals surface area contributed by atoms with E-state index in [1.165, 1.54) is 5.56 Å². The van der Waals surface area contributed by atoms with Crippen molar-refractivity contribution in [2.45, 2.75) is 32.4 Å². The van der Waals surface area contributed by atoms with Gasteiger partial charge in [0.15, 0.2) is 0 Å². The molecule has 0 radical (unpaired) electrons. The fraction of sp³-hybridized carbons (Fsp3) is 0.318. The number of carboxylic acids is 1. The van der Waals surface area contributed by atoms with Gasteiger partial charge in [0.1, 0.15) is 6.54 Å². The van der Waals surface area contributed by atoms with E-state index < -0.39 is 5.97 Å². The van der Waals surface area contributed by atoms with Gasteiger partial charge in [-0.2, -0.15) is 0 Å². The van der Waals surface area contributed by atoms with Gasteiger partial charge in [-0.15, -0.1) is 5.69 Å². The molecule has 29 heavy (non-hydrogen) atoms. The number of hydrogen-bond donors (Lipinski definition) is 1. The smallest absolute Gasteiger partial charge is 0.625 e. The predicted octanol–water partition coefficient (Wildman–Crippen LogP) is 3.77. The minimum atomic E-state index is -0.993. The molecular formula is C22H24CuN3O3. The van der Waals surface area contributed by atoms with Crippen LogP contribution in [0.3, 0.4) is 0 Å². The van der Waals surface area contributed by atoms with Crippen LogP contribution in [0, 0.1) is 0 Å². The fourth-order valence-electron chi connectivity index (χ4n) is 3.45. The number of carboxylic acid groups (broad SMARTS) is 1. The van der Waals surface area contributed by atoms with Crippen LogP contribution in [0.15, 0.2) is 59.6 Å². The monoisotopic (exact) mass is 441 g/mol. The minimum Gasteiger partial charge on any atom is -0.625 e. The van der Waals surface area contributed by atoms with Crippen LogP contribution >= 0.6 is 0 Å². The molecule has 0 aromatic heterocycles. The first kappa shape index (κ1) is 22.8. The van der Waals surface area contributed by atoms with E-state index in [2.05, 4.69) is 27.3 Å². The Balaban J connectivity index is 0.00000300. The van der Waals surface area contributed by atoms with Crippen molar-refractivity contribution in [1.82, 2.24) is 4.90 Å². The summed E-state index contributed by atoms with van der Waals surface area (Å²) in [6.07, 6.45) is 1.77. The summed E-state index contributed by atoms with van der Waals surface area (Å²) in [7, 11) is 0. The summed E-state index contributed by atoms with van der Waals surface area (Å²) in [5, 5.41) is 13.2. The second-order valence-electron chi connectivity index (χ2n) is 6.88. The largest absolute Gasteiger partial charge is 1.00 e. The number of nitrogens with zero attached hydrogens (tertiary/aromatic N) is 3. The number of para-hydroxylation sites is 1. The zero-order valence-electron chi connectivity index (χ0n) is 16.2. The molecule has 0 unspecified atom stereocenters. The van der Waals surface area contributed by atoms with Crippen molar-refractivity contribution >= 4 is 23.3 Å². The van der Waals surface area contributed by atoms with Gasteiger partial charge in [-0.25, -0.2) is 0 Å². The maximum absolute atomic E-state index is 12.9. The van der Waals surface area contributed by atoms with Crippen molar-refractivity contribution in [1.29, 1.82) is 0 Å². The molecule has 7 heteroatoms. The maximum atomic E-state index is 12.9. The van der Waals surface area contributed by atoms with Crippen molar-refractivity contribution in [3.63, 3.8) is 0 Å². The first-order valence-electron chi connectivity index (χ1n) is 9.40. The quantitative estimate of drug-likeness (QED) is 0.523. The fourth-order valence-corrected chi connectivity index (χ4v) is 3.45. The molecule has 1 heterocycles. The molecule has 3 rings (SSSR count). The number of carbonyl (C=O) groups excluding carboxylic acids is 1. The Labute approximate surface area is 181 Å². The maximum Gasteiger partial charge on any atom is 1.00 e. The van der Waals surface area contributed by atoms with Crippen molar-refractivity contribution in [2.75, 3.05) is 13.1 Å². The van der Waals surface area contributed by atoms with Crippen LogP contribution in [-0.2, 0) is 33.2 Å². The normalized spacial score (nSPS) is 16.9. The van der Waals surface area contributed by atoms with E-state index in [1.54, 1.807) is 13.0 Å². The van der Waals surface area contributed by atoms with Gasteiger partial charge < -0.3 is 15.2 Å². The Bertz CT molecular complexity index is 871. The van der Waals surface area contributed by atoms with E-state index in [4.69, 9.17) is 5.11 Å². The van der Waals surface area contributed by atoms with Gasteiger partial charge in [0.25, 0.3) is 0 Å². The number of aliphatic imine (C=N–C) groups is 1. The molecule has 1 aliphatic rings. The van der Waals surface area contributed by atoms with E-state index in [9.17, 15) is 9.59 Å². The number of rotatable bonds is 7. The Morgan fingerprint density at radius 2 is 1.83 bits per heavy atom. The van der Waals surface area contributed by atoms with Crippen LogP contribution < -0.4 is 0 Å². The number of aliphatic carboxylic acids is 1. The standard InChI is InChI=1S/C22H25N3O3.Cu/c1-16(23-14-21(26)27)18-10-5-6-11-19(18)24-22(28)20-12-7-13-25(20)15-17-8-3-2-4-9-17;/h2-6,8-11,20H,7,12-15H2,1H3,(H2,23,24,26,27,28);/q;+1/p-1/t20-;/m0./s1. The summed E-state index contributed by atoms with van der Waals surface area (Å²) in [4.78, 5) is 29.9. The minimum absolute atomic E-state index is 0. The van der Waals surface area contributed by atoms with E-state index in [1.807, 2.05) is 36.4 Å². The number of benzene rings is 2. The predicted molar refractivity (Wildman–Crippen MR) is 109 cm³/mol. The molecule has 1 saturated heterocycles.